The van der Waals surface area contributed by atoms with Gasteiger partial charge in [0.05, 0.1) is 5.56 Å². The van der Waals surface area contributed by atoms with E-state index in [1.165, 1.54) is 0 Å². The number of benzene rings is 2. The van der Waals surface area contributed by atoms with Crippen molar-refractivity contribution in [2.75, 3.05) is 6.61 Å². The monoisotopic (exact) mass is 409 g/mol. The van der Waals surface area contributed by atoms with Crippen LogP contribution in [0.5, 0.6) is 0 Å². The topological polar surface area (TPSA) is 72.5 Å². The zero-order valence-corrected chi connectivity index (χ0v) is 13.6. The van der Waals surface area contributed by atoms with Gasteiger partial charge >= 0.3 is 5.97 Å². The van der Waals surface area contributed by atoms with Crippen molar-refractivity contribution in [1.82, 2.24) is 5.32 Å². The highest BCUT2D eigenvalue weighted by Crippen LogP contribution is 2.07. The lowest BCUT2D eigenvalue weighted by Crippen LogP contribution is -2.34. The average molecular weight is 409 g/mol. The molecule has 0 bridgehead atoms. The molecule has 0 spiro atoms. The summed E-state index contributed by atoms with van der Waals surface area (Å²) < 4.78 is 5.85. The van der Waals surface area contributed by atoms with Crippen molar-refractivity contribution < 1.29 is 19.1 Å². The Labute approximate surface area is 140 Å². The molecule has 0 atom stereocenters. The number of amides is 2. The second-order valence-electron chi connectivity index (χ2n) is 4.33. The molecule has 0 saturated heterocycles. The molecule has 1 N–H and O–H groups in total. The van der Waals surface area contributed by atoms with Crippen molar-refractivity contribution in [3.63, 3.8) is 0 Å². The molecule has 2 aromatic carbocycles. The van der Waals surface area contributed by atoms with Gasteiger partial charge in [0.25, 0.3) is 11.8 Å². The lowest BCUT2D eigenvalue weighted by molar-refractivity contribution is -0.123. The first-order valence-corrected chi connectivity index (χ1v) is 7.46. The maximum atomic E-state index is 11.7. The van der Waals surface area contributed by atoms with Crippen LogP contribution in [0.2, 0.25) is 0 Å². The molecule has 112 valence electrons. The van der Waals surface area contributed by atoms with E-state index in [0.717, 1.165) is 3.57 Å². The Balaban J connectivity index is 1.84. The maximum Gasteiger partial charge on any atom is 0.338 e. The lowest BCUT2D eigenvalue weighted by atomic mass is 10.2. The van der Waals surface area contributed by atoms with Crippen LogP contribution in [-0.2, 0) is 9.53 Å². The van der Waals surface area contributed by atoms with Gasteiger partial charge < -0.3 is 4.74 Å². The molecule has 2 rings (SSSR count). The molecule has 6 heteroatoms. The smallest absolute Gasteiger partial charge is 0.338 e. The summed E-state index contributed by atoms with van der Waals surface area (Å²) in [4.78, 5) is 35.1. The van der Waals surface area contributed by atoms with Crippen molar-refractivity contribution in [3.05, 3.63) is 69.3 Å². The van der Waals surface area contributed by atoms with E-state index in [-0.39, 0.29) is 0 Å². The number of ether oxygens (including phenoxy) is 1. The summed E-state index contributed by atoms with van der Waals surface area (Å²) in [6.45, 7) is -0.511. The minimum atomic E-state index is -0.673. The molecule has 0 aromatic heterocycles. The van der Waals surface area contributed by atoms with Gasteiger partial charge in [-0.15, -0.1) is 0 Å². The van der Waals surface area contributed by atoms with Crippen LogP contribution in [0.4, 0.5) is 0 Å². The molecule has 0 aliphatic carbocycles. The number of carbonyl (C=O) groups excluding carboxylic acids is 3. The quantitative estimate of drug-likeness (QED) is 0.622. The van der Waals surface area contributed by atoms with Crippen molar-refractivity contribution in [2.45, 2.75) is 0 Å². The molecule has 0 heterocycles. The fraction of sp³-hybridized carbons (Fsp3) is 0.0625. The van der Waals surface area contributed by atoms with Gasteiger partial charge in [0, 0.05) is 9.13 Å². The molecule has 2 aromatic rings. The molecular weight excluding hydrogens is 397 g/mol. The second-order valence-corrected chi connectivity index (χ2v) is 5.57. The minimum absolute atomic E-state index is 0.350. The molecule has 0 unspecified atom stereocenters. The van der Waals surface area contributed by atoms with Crippen LogP contribution in [0.3, 0.4) is 0 Å². The predicted octanol–water partition coefficient (Wildman–Crippen LogP) is 2.40. The highest BCUT2D eigenvalue weighted by molar-refractivity contribution is 14.1. The number of hydrogen-bond donors (Lipinski definition) is 1. The van der Waals surface area contributed by atoms with Crippen LogP contribution in [0.1, 0.15) is 20.7 Å². The largest absolute Gasteiger partial charge is 0.452 e. The number of imide groups is 1. The average Bonchev–Trinajstić information content (AvgIpc) is 2.54. The lowest BCUT2D eigenvalue weighted by Gasteiger charge is -2.06. The van der Waals surface area contributed by atoms with E-state index in [1.807, 2.05) is 0 Å². The number of halogens is 1. The Kier molecular flexibility index (Phi) is 5.65. The maximum absolute atomic E-state index is 11.7. The summed E-state index contributed by atoms with van der Waals surface area (Å²) in [5.74, 6) is -1.82. The Morgan fingerprint density at radius 1 is 0.909 bits per heavy atom. The van der Waals surface area contributed by atoms with E-state index in [1.54, 1.807) is 54.6 Å². The summed E-state index contributed by atoms with van der Waals surface area (Å²) in [6.07, 6.45) is 0. The standard InChI is InChI=1S/C16H12INO4/c17-13-8-6-12(7-9-13)16(21)22-10-14(19)18-15(20)11-4-2-1-3-5-11/h1-9H,10H2,(H,18,19,20). The van der Waals surface area contributed by atoms with Gasteiger partial charge in [0.1, 0.15) is 0 Å². The summed E-state index contributed by atoms with van der Waals surface area (Å²) >= 11 is 2.12. The van der Waals surface area contributed by atoms with Gasteiger partial charge in [0.2, 0.25) is 0 Å². The molecule has 5 nitrogen and oxygen atoms in total. The Morgan fingerprint density at radius 3 is 2.18 bits per heavy atom. The Bertz CT molecular complexity index is 683. The Hall–Kier alpha value is -2.22. The number of rotatable bonds is 4. The first-order valence-electron chi connectivity index (χ1n) is 6.38. The van der Waals surface area contributed by atoms with Crippen molar-refractivity contribution in [1.29, 1.82) is 0 Å². The van der Waals surface area contributed by atoms with Crippen LogP contribution in [0, 0.1) is 3.57 Å². The zero-order chi connectivity index (χ0) is 15.9. The predicted molar refractivity (Wildman–Crippen MR) is 88.4 cm³/mol. The van der Waals surface area contributed by atoms with E-state index in [2.05, 4.69) is 27.9 Å². The molecule has 2 amide bonds. The minimum Gasteiger partial charge on any atom is -0.452 e. The number of esters is 1. The van der Waals surface area contributed by atoms with Crippen molar-refractivity contribution in [3.8, 4) is 0 Å². The molecule has 22 heavy (non-hydrogen) atoms. The van der Waals surface area contributed by atoms with Crippen LogP contribution >= 0.6 is 22.6 Å². The molecule has 0 radical (unpaired) electrons. The van der Waals surface area contributed by atoms with Gasteiger partial charge in [-0.2, -0.15) is 0 Å². The van der Waals surface area contributed by atoms with E-state index < -0.39 is 24.4 Å². The summed E-state index contributed by atoms with van der Waals surface area (Å²) in [5, 5.41) is 2.16. The van der Waals surface area contributed by atoms with E-state index >= 15 is 0 Å². The van der Waals surface area contributed by atoms with Crippen molar-refractivity contribution in [2.24, 2.45) is 0 Å². The fourth-order valence-electron chi connectivity index (χ4n) is 1.62. The first kappa shape index (κ1) is 16.2. The van der Waals surface area contributed by atoms with E-state index in [4.69, 9.17) is 4.74 Å². The van der Waals surface area contributed by atoms with E-state index in [9.17, 15) is 14.4 Å². The molecular formula is C16H12INO4. The third-order valence-electron chi connectivity index (χ3n) is 2.70. The van der Waals surface area contributed by atoms with Gasteiger partial charge in [-0.1, -0.05) is 18.2 Å². The van der Waals surface area contributed by atoms with E-state index in [0.29, 0.717) is 11.1 Å². The zero-order valence-electron chi connectivity index (χ0n) is 11.4. The second kappa shape index (κ2) is 7.69. The first-order chi connectivity index (χ1) is 10.6. The molecule has 0 aliphatic heterocycles. The summed E-state index contributed by atoms with van der Waals surface area (Å²) in [7, 11) is 0. The van der Waals surface area contributed by atoms with Crippen LogP contribution in [0.15, 0.2) is 54.6 Å². The molecule has 0 fully saturated rings. The van der Waals surface area contributed by atoms with Crippen LogP contribution in [-0.4, -0.2) is 24.4 Å². The van der Waals surface area contributed by atoms with Crippen LogP contribution < -0.4 is 5.32 Å². The van der Waals surface area contributed by atoms with Gasteiger partial charge in [-0.25, -0.2) is 4.79 Å². The number of carbonyl (C=O) groups is 3. The highest BCUT2D eigenvalue weighted by Gasteiger charge is 2.13. The SMILES string of the molecule is O=C(COC(=O)c1ccc(I)cc1)NC(=O)c1ccccc1. The fourth-order valence-corrected chi connectivity index (χ4v) is 1.98. The van der Waals surface area contributed by atoms with Gasteiger partial charge in [0.15, 0.2) is 6.61 Å². The summed E-state index contributed by atoms with van der Waals surface area (Å²) in [5.41, 5.74) is 0.711. The van der Waals surface area contributed by atoms with Gasteiger partial charge in [-0.3, -0.25) is 14.9 Å². The van der Waals surface area contributed by atoms with Gasteiger partial charge in [-0.05, 0) is 59.0 Å². The highest BCUT2D eigenvalue weighted by atomic mass is 127. The summed E-state index contributed by atoms with van der Waals surface area (Å²) in [6, 6.07) is 15.1. The third kappa shape index (κ3) is 4.66. The third-order valence-corrected chi connectivity index (χ3v) is 3.42. The molecule has 0 saturated carbocycles. The normalized spacial score (nSPS) is 9.86. The van der Waals surface area contributed by atoms with Crippen LogP contribution in [0.25, 0.3) is 0 Å². The number of nitrogens with one attached hydrogen (secondary N) is 1. The molecule has 0 aliphatic rings. The van der Waals surface area contributed by atoms with Crippen molar-refractivity contribution >= 4 is 40.4 Å². The number of hydrogen-bond acceptors (Lipinski definition) is 4. The Morgan fingerprint density at radius 2 is 1.55 bits per heavy atom.